The lowest BCUT2D eigenvalue weighted by Gasteiger charge is -2.15. The van der Waals surface area contributed by atoms with Gasteiger partial charge in [0.25, 0.3) is 0 Å². The van der Waals surface area contributed by atoms with Crippen LogP contribution in [0.3, 0.4) is 0 Å². The number of ether oxygens (including phenoxy) is 1. The standard InChI is InChI=1S/C8H18N2O2S2/c1-7(6-12-2)10-8(13)9-4-5-14(3)11/h7H,4-6H2,1-3H3,(H2,9,10,13). The van der Waals surface area contributed by atoms with Gasteiger partial charge in [0.15, 0.2) is 5.11 Å². The van der Waals surface area contributed by atoms with Gasteiger partial charge in [-0.3, -0.25) is 4.21 Å². The summed E-state index contributed by atoms with van der Waals surface area (Å²) >= 11 is 5.02. The number of thiocarbonyl (C=S) groups is 1. The van der Waals surface area contributed by atoms with Crippen molar-refractivity contribution in [2.24, 2.45) is 0 Å². The van der Waals surface area contributed by atoms with Crippen molar-refractivity contribution in [3.63, 3.8) is 0 Å². The first-order chi connectivity index (χ1) is 6.56. The van der Waals surface area contributed by atoms with Crippen molar-refractivity contribution in [2.75, 3.05) is 32.3 Å². The highest BCUT2D eigenvalue weighted by atomic mass is 32.2. The quantitative estimate of drug-likeness (QED) is 0.631. The lowest BCUT2D eigenvalue weighted by Crippen LogP contribution is -2.43. The highest BCUT2D eigenvalue weighted by Crippen LogP contribution is 1.82. The minimum atomic E-state index is -0.773. The van der Waals surface area contributed by atoms with Crippen molar-refractivity contribution in [1.82, 2.24) is 10.6 Å². The maximum atomic E-state index is 10.7. The van der Waals surface area contributed by atoms with Gasteiger partial charge < -0.3 is 15.4 Å². The Hall–Kier alpha value is -0.200. The molecule has 84 valence electrons. The Bertz CT molecular complexity index is 200. The van der Waals surface area contributed by atoms with Crippen LogP contribution in [0.5, 0.6) is 0 Å². The molecule has 0 aromatic heterocycles. The van der Waals surface area contributed by atoms with E-state index in [0.717, 1.165) is 0 Å². The van der Waals surface area contributed by atoms with Crippen LogP contribution in [0.2, 0.25) is 0 Å². The Kier molecular flexibility index (Phi) is 8.02. The van der Waals surface area contributed by atoms with Crippen LogP contribution in [-0.2, 0) is 15.5 Å². The van der Waals surface area contributed by atoms with Crippen LogP contribution in [0, 0.1) is 0 Å². The van der Waals surface area contributed by atoms with Gasteiger partial charge in [0, 0.05) is 42.5 Å². The predicted octanol–water partition coefficient (Wildman–Crippen LogP) is -0.136. The van der Waals surface area contributed by atoms with Gasteiger partial charge in [0.1, 0.15) is 0 Å². The maximum absolute atomic E-state index is 10.7. The zero-order valence-electron chi connectivity index (χ0n) is 8.83. The molecule has 0 saturated carbocycles. The predicted molar refractivity (Wildman–Crippen MR) is 64.0 cm³/mol. The molecule has 0 bridgehead atoms. The van der Waals surface area contributed by atoms with Crippen molar-refractivity contribution in [3.05, 3.63) is 0 Å². The van der Waals surface area contributed by atoms with Crippen LogP contribution >= 0.6 is 12.2 Å². The SMILES string of the molecule is COCC(C)NC(=S)NCCS(C)=O. The summed E-state index contributed by atoms with van der Waals surface area (Å²) in [6.45, 7) is 3.23. The highest BCUT2D eigenvalue weighted by molar-refractivity contribution is 7.84. The molecule has 14 heavy (non-hydrogen) atoms. The number of hydrogen-bond donors (Lipinski definition) is 2. The smallest absolute Gasteiger partial charge is 0.166 e. The summed E-state index contributed by atoms with van der Waals surface area (Å²) < 4.78 is 15.7. The first-order valence-electron chi connectivity index (χ1n) is 4.39. The van der Waals surface area contributed by atoms with Crippen LogP contribution < -0.4 is 10.6 Å². The molecule has 0 aliphatic rings. The van der Waals surface area contributed by atoms with Crippen LogP contribution in [0.15, 0.2) is 0 Å². The van der Waals surface area contributed by atoms with Gasteiger partial charge in [0.05, 0.1) is 6.61 Å². The molecule has 2 N–H and O–H groups in total. The number of methoxy groups -OCH3 is 1. The van der Waals surface area contributed by atoms with Crippen LogP contribution in [-0.4, -0.2) is 47.6 Å². The van der Waals surface area contributed by atoms with Gasteiger partial charge in [-0.15, -0.1) is 0 Å². The molecule has 0 aliphatic heterocycles. The second-order valence-electron chi connectivity index (χ2n) is 3.03. The molecule has 0 spiro atoms. The Morgan fingerprint density at radius 2 is 2.29 bits per heavy atom. The molecule has 0 amide bonds. The first-order valence-corrected chi connectivity index (χ1v) is 6.53. The second kappa shape index (κ2) is 8.14. The summed E-state index contributed by atoms with van der Waals surface area (Å²) in [7, 11) is 0.875. The van der Waals surface area contributed by atoms with Crippen LogP contribution in [0.25, 0.3) is 0 Å². The number of hydrogen-bond acceptors (Lipinski definition) is 3. The lowest BCUT2D eigenvalue weighted by atomic mass is 10.4. The molecular weight excluding hydrogens is 220 g/mol. The molecular formula is C8H18N2O2S2. The van der Waals surface area contributed by atoms with E-state index in [9.17, 15) is 4.21 Å². The third-order valence-corrected chi connectivity index (χ3v) is 2.51. The first kappa shape index (κ1) is 13.8. The average molecular weight is 238 g/mol. The summed E-state index contributed by atoms with van der Waals surface area (Å²) in [4.78, 5) is 0. The van der Waals surface area contributed by atoms with E-state index < -0.39 is 10.8 Å². The summed E-state index contributed by atoms with van der Waals surface area (Å²) in [5.41, 5.74) is 0. The van der Waals surface area contributed by atoms with E-state index in [1.165, 1.54) is 0 Å². The van der Waals surface area contributed by atoms with E-state index in [1.54, 1.807) is 13.4 Å². The summed E-state index contributed by atoms with van der Waals surface area (Å²) in [6.07, 6.45) is 1.67. The number of nitrogens with one attached hydrogen (secondary N) is 2. The van der Waals surface area contributed by atoms with Gasteiger partial charge in [-0.2, -0.15) is 0 Å². The minimum absolute atomic E-state index is 0.187. The van der Waals surface area contributed by atoms with E-state index in [4.69, 9.17) is 17.0 Å². The molecule has 0 rings (SSSR count). The fourth-order valence-electron chi connectivity index (χ4n) is 0.875. The van der Waals surface area contributed by atoms with Gasteiger partial charge in [0.2, 0.25) is 0 Å². The second-order valence-corrected chi connectivity index (χ2v) is 5.00. The Morgan fingerprint density at radius 1 is 1.64 bits per heavy atom. The largest absolute Gasteiger partial charge is 0.383 e. The Morgan fingerprint density at radius 3 is 2.79 bits per heavy atom. The third kappa shape index (κ3) is 8.40. The summed E-state index contributed by atoms with van der Waals surface area (Å²) in [5, 5.41) is 6.61. The fraction of sp³-hybridized carbons (Fsp3) is 0.875. The van der Waals surface area contributed by atoms with E-state index in [1.807, 2.05) is 6.92 Å². The molecule has 0 saturated heterocycles. The van der Waals surface area contributed by atoms with Crippen molar-refractivity contribution in [2.45, 2.75) is 13.0 Å². The van der Waals surface area contributed by atoms with Crippen molar-refractivity contribution >= 4 is 28.1 Å². The molecule has 0 radical (unpaired) electrons. The van der Waals surface area contributed by atoms with Crippen molar-refractivity contribution in [3.8, 4) is 0 Å². The fourth-order valence-corrected chi connectivity index (χ4v) is 1.57. The molecule has 0 fully saturated rings. The highest BCUT2D eigenvalue weighted by Gasteiger charge is 2.02. The number of rotatable bonds is 6. The van der Waals surface area contributed by atoms with Gasteiger partial charge in [-0.25, -0.2) is 0 Å². The van der Waals surface area contributed by atoms with E-state index in [0.29, 0.717) is 24.0 Å². The summed E-state index contributed by atoms with van der Waals surface area (Å²) in [6, 6.07) is 0.187. The summed E-state index contributed by atoms with van der Waals surface area (Å²) in [5.74, 6) is 0.612. The zero-order chi connectivity index (χ0) is 11.0. The zero-order valence-corrected chi connectivity index (χ0v) is 10.5. The molecule has 0 aromatic carbocycles. The normalized spacial score (nSPS) is 14.5. The van der Waals surface area contributed by atoms with E-state index >= 15 is 0 Å². The molecule has 2 unspecified atom stereocenters. The maximum Gasteiger partial charge on any atom is 0.166 e. The molecule has 0 aromatic rings. The van der Waals surface area contributed by atoms with Crippen molar-refractivity contribution < 1.29 is 8.95 Å². The molecule has 0 aliphatic carbocycles. The van der Waals surface area contributed by atoms with Crippen molar-refractivity contribution in [1.29, 1.82) is 0 Å². The Balaban J connectivity index is 3.50. The van der Waals surface area contributed by atoms with E-state index in [2.05, 4.69) is 10.6 Å². The third-order valence-electron chi connectivity index (χ3n) is 1.47. The monoisotopic (exact) mass is 238 g/mol. The molecule has 2 atom stereocenters. The molecule has 0 heterocycles. The van der Waals surface area contributed by atoms with Gasteiger partial charge >= 0.3 is 0 Å². The Labute approximate surface area is 93.2 Å². The minimum Gasteiger partial charge on any atom is -0.383 e. The molecule has 4 nitrogen and oxygen atoms in total. The van der Waals surface area contributed by atoms with Gasteiger partial charge in [-0.1, -0.05) is 0 Å². The average Bonchev–Trinajstić information content (AvgIpc) is 2.03. The van der Waals surface area contributed by atoms with E-state index in [-0.39, 0.29) is 6.04 Å². The lowest BCUT2D eigenvalue weighted by molar-refractivity contribution is 0.179. The molecule has 6 heteroatoms. The topological polar surface area (TPSA) is 50.4 Å². The van der Waals surface area contributed by atoms with Gasteiger partial charge in [-0.05, 0) is 19.1 Å². The van der Waals surface area contributed by atoms with Crippen LogP contribution in [0.1, 0.15) is 6.92 Å². The van der Waals surface area contributed by atoms with Crippen LogP contribution in [0.4, 0.5) is 0 Å².